The third-order valence-corrected chi connectivity index (χ3v) is 3.99. The van der Waals surface area contributed by atoms with Crippen molar-refractivity contribution in [1.82, 2.24) is 0 Å². The summed E-state index contributed by atoms with van der Waals surface area (Å²) in [6, 6.07) is 6.13. The highest BCUT2D eigenvalue weighted by atomic mass is 16.3. The van der Waals surface area contributed by atoms with Crippen molar-refractivity contribution in [2.75, 3.05) is 0 Å². The van der Waals surface area contributed by atoms with E-state index >= 15 is 0 Å². The van der Waals surface area contributed by atoms with Gasteiger partial charge < -0.3 is 10.8 Å². The number of nitrogens with two attached hydrogens (primary N) is 1. The lowest BCUT2D eigenvalue weighted by Gasteiger charge is -2.24. The number of hydrogen-bond donors (Lipinski definition) is 2. The van der Waals surface area contributed by atoms with Crippen LogP contribution in [0.3, 0.4) is 0 Å². The lowest BCUT2D eigenvalue weighted by molar-refractivity contribution is 0.408. The number of phenolic OH excluding ortho intramolecular Hbond substituents is 1. The molecule has 0 spiro atoms. The van der Waals surface area contributed by atoms with Crippen LogP contribution >= 0.6 is 0 Å². The Labute approximate surface area is 110 Å². The maximum absolute atomic E-state index is 10.1. The van der Waals surface area contributed by atoms with E-state index in [1.807, 2.05) is 19.1 Å². The van der Waals surface area contributed by atoms with Crippen molar-refractivity contribution in [3.05, 3.63) is 29.3 Å². The molecule has 0 saturated heterocycles. The average Bonchev–Trinajstić information content (AvgIpc) is 2.99. The van der Waals surface area contributed by atoms with Crippen molar-refractivity contribution in [1.29, 1.82) is 0 Å². The van der Waals surface area contributed by atoms with Crippen LogP contribution in [0.25, 0.3) is 0 Å². The molecule has 1 aliphatic rings. The summed E-state index contributed by atoms with van der Waals surface area (Å²) in [6.45, 7) is 8.75. The summed E-state index contributed by atoms with van der Waals surface area (Å²) in [5.41, 5.74) is 8.74. The minimum atomic E-state index is 0.0258. The van der Waals surface area contributed by atoms with Gasteiger partial charge in [0.25, 0.3) is 0 Å². The summed E-state index contributed by atoms with van der Waals surface area (Å²) < 4.78 is 0. The predicted molar refractivity (Wildman–Crippen MR) is 75.8 cm³/mol. The highest BCUT2D eigenvalue weighted by Gasteiger charge is 2.49. The molecule has 1 aliphatic carbocycles. The third kappa shape index (κ3) is 2.54. The van der Waals surface area contributed by atoms with Crippen LogP contribution in [-0.2, 0) is 11.8 Å². The van der Waals surface area contributed by atoms with Crippen molar-refractivity contribution in [3.8, 4) is 5.75 Å². The van der Waals surface area contributed by atoms with E-state index in [1.54, 1.807) is 0 Å². The first-order valence-corrected chi connectivity index (χ1v) is 6.83. The second-order valence-corrected chi connectivity index (χ2v) is 7.03. The summed E-state index contributed by atoms with van der Waals surface area (Å²) in [5, 5.41) is 10.1. The van der Waals surface area contributed by atoms with Crippen LogP contribution in [0, 0.1) is 5.41 Å². The van der Waals surface area contributed by atoms with Gasteiger partial charge in [0.1, 0.15) is 5.75 Å². The fourth-order valence-electron chi connectivity index (χ4n) is 2.81. The summed E-state index contributed by atoms with van der Waals surface area (Å²) >= 11 is 0. The van der Waals surface area contributed by atoms with E-state index in [-0.39, 0.29) is 16.9 Å². The molecule has 0 amide bonds. The third-order valence-electron chi connectivity index (χ3n) is 3.99. The Morgan fingerprint density at radius 3 is 2.39 bits per heavy atom. The molecule has 18 heavy (non-hydrogen) atoms. The Morgan fingerprint density at radius 2 is 1.94 bits per heavy atom. The molecule has 3 N–H and O–H groups in total. The fraction of sp³-hybridized carbons (Fsp3) is 0.625. The first-order valence-electron chi connectivity index (χ1n) is 6.83. The van der Waals surface area contributed by atoms with Gasteiger partial charge in [-0.25, -0.2) is 0 Å². The molecule has 1 aromatic rings. The van der Waals surface area contributed by atoms with E-state index in [9.17, 15) is 5.11 Å². The van der Waals surface area contributed by atoms with Crippen molar-refractivity contribution in [2.24, 2.45) is 11.1 Å². The van der Waals surface area contributed by atoms with Crippen molar-refractivity contribution in [2.45, 2.75) is 58.4 Å². The van der Waals surface area contributed by atoms with E-state index in [2.05, 4.69) is 26.8 Å². The van der Waals surface area contributed by atoms with Gasteiger partial charge in [-0.05, 0) is 43.2 Å². The molecule has 1 fully saturated rings. The molecular weight excluding hydrogens is 222 g/mol. The molecule has 0 aromatic heterocycles. The van der Waals surface area contributed by atoms with Crippen LogP contribution in [0.5, 0.6) is 5.75 Å². The monoisotopic (exact) mass is 247 g/mol. The first kappa shape index (κ1) is 13.4. The Bertz CT molecular complexity index is 439. The first-order chi connectivity index (χ1) is 8.24. The normalized spacial score (nSPS) is 19.6. The molecule has 1 saturated carbocycles. The molecule has 0 radical (unpaired) electrons. The highest BCUT2D eigenvalue weighted by Crippen LogP contribution is 2.53. The number of benzene rings is 1. The molecule has 1 atom stereocenters. The molecule has 2 rings (SSSR count). The standard InChI is InChI=1S/C16H25NO/c1-11(17)16(7-8-16)13-9-12(5-6-14(13)18)10-15(2,3)4/h5-6,9,11,18H,7-8,10,17H2,1-4H3. The van der Waals surface area contributed by atoms with Gasteiger partial charge in [0.05, 0.1) is 0 Å². The largest absolute Gasteiger partial charge is 0.508 e. The SMILES string of the molecule is CC(N)C1(c2cc(CC(C)(C)C)ccc2O)CC1. The van der Waals surface area contributed by atoms with Crippen LogP contribution in [-0.4, -0.2) is 11.1 Å². The topological polar surface area (TPSA) is 46.2 Å². The minimum Gasteiger partial charge on any atom is -0.508 e. The number of hydrogen-bond acceptors (Lipinski definition) is 2. The molecule has 100 valence electrons. The van der Waals surface area contributed by atoms with E-state index in [0.717, 1.165) is 24.8 Å². The van der Waals surface area contributed by atoms with Gasteiger partial charge in [0.15, 0.2) is 0 Å². The van der Waals surface area contributed by atoms with Crippen LogP contribution < -0.4 is 5.73 Å². The van der Waals surface area contributed by atoms with Crippen LogP contribution in [0.1, 0.15) is 51.7 Å². The van der Waals surface area contributed by atoms with E-state index in [1.165, 1.54) is 5.56 Å². The molecule has 1 unspecified atom stereocenters. The maximum Gasteiger partial charge on any atom is 0.119 e. The number of rotatable bonds is 3. The predicted octanol–water partition coefficient (Wildman–Crippen LogP) is 3.36. The quantitative estimate of drug-likeness (QED) is 0.860. The van der Waals surface area contributed by atoms with Crippen LogP contribution in [0.4, 0.5) is 0 Å². The second-order valence-electron chi connectivity index (χ2n) is 7.03. The zero-order valence-corrected chi connectivity index (χ0v) is 12.0. The van der Waals surface area contributed by atoms with Gasteiger partial charge in [-0.1, -0.05) is 32.9 Å². The van der Waals surface area contributed by atoms with Gasteiger partial charge in [0, 0.05) is 17.0 Å². The molecule has 0 aliphatic heterocycles. The Morgan fingerprint density at radius 1 is 1.33 bits per heavy atom. The van der Waals surface area contributed by atoms with Crippen LogP contribution in [0.2, 0.25) is 0 Å². The number of aromatic hydroxyl groups is 1. The van der Waals surface area contributed by atoms with Gasteiger partial charge in [-0.2, -0.15) is 0 Å². The highest BCUT2D eigenvalue weighted by molar-refractivity contribution is 5.46. The summed E-state index contributed by atoms with van der Waals surface area (Å²) in [4.78, 5) is 0. The van der Waals surface area contributed by atoms with Crippen molar-refractivity contribution in [3.63, 3.8) is 0 Å². The van der Waals surface area contributed by atoms with E-state index in [0.29, 0.717) is 5.75 Å². The molecule has 2 heteroatoms. The Balaban J connectivity index is 2.34. The van der Waals surface area contributed by atoms with E-state index in [4.69, 9.17) is 5.73 Å². The molecule has 0 bridgehead atoms. The van der Waals surface area contributed by atoms with Crippen LogP contribution in [0.15, 0.2) is 18.2 Å². The van der Waals surface area contributed by atoms with E-state index < -0.39 is 0 Å². The number of phenols is 1. The Kier molecular flexibility index (Phi) is 3.18. The zero-order valence-electron chi connectivity index (χ0n) is 12.0. The van der Waals surface area contributed by atoms with Crippen molar-refractivity contribution >= 4 is 0 Å². The van der Waals surface area contributed by atoms with Gasteiger partial charge in [-0.15, -0.1) is 0 Å². The van der Waals surface area contributed by atoms with Crippen molar-refractivity contribution < 1.29 is 5.11 Å². The molecule has 0 heterocycles. The zero-order chi connectivity index (χ0) is 13.6. The lowest BCUT2D eigenvalue weighted by Crippen LogP contribution is -2.31. The average molecular weight is 247 g/mol. The minimum absolute atomic E-state index is 0.0258. The summed E-state index contributed by atoms with van der Waals surface area (Å²) in [7, 11) is 0. The van der Waals surface area contributed by atoms with Gasteiger partial charge >= 0.3 is 0 Å². The molecule has 2 nitrogen and oxygen atoms in total. The maximum atomic E-state index is 10.1. The Hall–Kier alpha value is -1.02. The fourth-order valence-corrected chi connectivity index (χ4v) is 2.81. The summed E-state index contributed by atoms with van der Waals surface area (Å²) in [5.74, 6) is 0.405. The van der Waals surface area contributed by atoms with Gasteiger partial charge in [0.2, 0.25) is 0 Å². The smallest absolute Gasteiger partial charge is 0.119 e. The van der Waals surface area contributed by atoms with Gasteiger partial charge in [-0.3, -0.25) is 0 Å². The lowest BCUT2D eigenvalue weighted by atomic mass is 9.83. The second kappa shape index (κ2) is 4.27. The molecular formula is C16H25NO. The summed E-state index contributed by atoms with van der Waals surface area (Å²) in [6.07, 6.45) is 3.21. The molecule has 1 aromatic carbocycles.